The number of carbonyl (C=O) groups excluding carboxylic acids is 1. The van der Waals surface area contributed by atoms with E-state index in [4.69, 9.17) is 5.73 Å². The van der Waals surface area contributed by atoms with Crippen molar-refractivity contribution in [1.82, 2.24) is 5.32 Å². The van der Waals surface area contributed by atoms with Crippen LogP contribution in [-0.2, 0) is 24.1 Å². The Hall–Kier alpha value is -2.13. The second-order valence-corrected chi connectivity index (χ2v) is 5.95. The third kappa shape index (κ3) is 3.55. The smallest absolute Gasteiger partial charge is 0.224 e. The highest BCUT2D eigenvalue weighted by molar-refractivity contribution is 5.78. The van der Waals surface area contributed by atoms with E-state index >= 15 is 0 Å². The van der Waals surface area contributed by atoms with E-state index < -0.39 is 0 Å². The van der Waals surface area contributed by atoms with Crippen molar-refractivity contribution in [2.75, 3.05) is 6.54 Å². The van der Waals surface area contributed by atoms with E-state index in [9.17, 15) is 4.79 Å². The first-order valence-electron chi connectivity index (χ1n) is 7.90. The van der Waals surface area contributed by atoms with Crippen molar-refractivity contribution in [3.8, 4) is 0 Å². The van der Waals surface area contributed by atoms with Crippen molar-refractivity contribution in [2.24, 2.45) is 5.73 Å². The molecule has 3 N–H and O–H groups in total. The number of carbonyl (C=O) groups is 1. The van der Waals surface area contributed by atoms with Gasteiger partial charge in [-0.3, -0.25) is 4.79 Å². The molecule has 0 saturated carbocycles. The first-order valence-corrected chi connectivity index (χ1v) is 7.90. The molecule has 3 nitrogen and oxygen atoms in total. The molecule has 0 radical (unpaired) electrons. The third-order valence-corrected chi connectivity index (χ3v) is 4.27. The fourth-order valence-electron chi connectivity index (χ4n) is 3.02. The van der Waals surface area contributed by atoms with Gasteiger partial charge in [-0.15, -0.1) is 0 Å². The van der Waals surface area contributed by atoms with E-state index in [1.807, 2.05) is 30.3 Å². The molecule has 0 aromatic heterocycles. The minimum atomic E-state index is -0.162. The van der Waals surface area contributed by atoms with E-state index in [2.05, 4.69) is 23.5 Å². The molecular formula is C19H22N2O. The highest BCUT2D eigenvalue weighted by Crippen LogP contribution is 2.23. The first kappa shape index (κ1) is 14.8. The van der Waals surface area contributed by atoms with Crippen LogP contribution in [-0.4, -0.2) is 12.5 Å². The highest BCUT2D eigenvalue weighted by Gasteiger charge is 2.13. The van der Waals surface area contributed by atoms with Gasteiger partial charge < -0.3 is 11.1 Å². The summed E-state index contributed by atoms with van der Waals surface area (Å²) >= 11 is 0. The zero-order chi connectivity index (χ0) is 15.4. The average Bonchev–Trinajstić information content (AvgIpc) is 3.01. The molecule has 0 bridgehead atoms. The molecule has 1 aliphatic rings. The van der Waals surface area contributed by atoms with Gasteiger partial charge >= 0.3 is 0 Å². The number of benzene rings is 2. The van der Waals surface area contributed by atoms with Crippen LogP contribution in [0.15, 0.2) is 48.5 Å². The summed E-state index contributed by atoms with van der Waals surface area (Å²) in [5, 5.41) is 2.93. The fraction of sp³-hybridized carbons (Fsp3) is 0.316. The standard InChI is InChI=1S/C19H22N2O/c20-18(16-5-2-1-3-6-16)13-21-19(22)12-14-9-10-15-7-4-8-17(15)11-14/h1-3,5-6,9-11,18H,4,7-8,12-13,20H2,(H,21,22). The normalized spacial score (nSPS) is 14.4. The Morgan fingerprint density at radius 1 is 1.09 bits per heavy atom. The van der Waals surface area contributed by atoms with Gasteiger partial charge in [-0.05, 0) is 41.5 Å². The van der Waals surface area contributed by atoms with Crippen LogP contribution < -0.4 is 11.1 Å². The molecule has 22 heavy (non-hydrogen) atoms. The van der Waals surface area contributed by atoms with Crippen LogP contribution in [0.5, 0.6) is 0 Å². The van der Waals surface area contributed by atoms with Gasteiger partial charge in [-0.2, -0.15) is 0 Å². The van der Waals surface area contributed by atoms with Gasteiger partial charge in [0.2, 0.25) is 5.91 Å². The van der Waals surface area contributed by atoms with Crippen molar-refractivity contribution in [1.29, 1.82) is 0 Å². The lowest BCUT2D eigenvalue weighted by Gasteiger charge is -2.13. The number of aryl methyl sites for hydroxylation is 2. The number of amides is 1. The van der Waals surface area contributed by atoms with Crippen LogP contribution in [0, 0.1) is 0 Å². The fourth-order valence-corrected chi connectivity index (χ4v) is 3.02. The van der Waals surface area contributed by atoms with E-state index in [-0.39, 0.29) is 11.9 Å². The summed E-state index contributed by atoms with van der Waals surface area (Å²) in [6.45, 7) is 0.466. The summed E-state index contributed by atoms with van der Waals surface area (Å²) in [5.41, 5.74) is 11.1. The summed E-state index contributed by atoms with van der Waals surface area (Å²) in [5.74, 6) is 0.0318. The van der Waals surface area contributed by atoms with Crippen LogP contribution in [0.4, 0.5) is 0 Å². The molecular weight excluding hydrogens is 272 g/mol. The predicted octanol–water partition coefficient (Wildman–Crippen LogP) is 2.53. The summed E-state index contributed by atoms with van der Waals surface area (Å²) in [7, 11) is 0. The zero-order valence-corrected chi connectivity index (χ0v) is 12.7. The molecule has 114 valence electrons. The van der Waals surface area contributed by atoms with Gasteiger partial charge in [0.1, 0.15) is 0 Å². The Labute approximate surface area is 131 Å². The number of hydrogen-bond acceptors (Lipinski definition) is 2. The van der Waals surface area contributed by atoms with E-state index in [1.165, 1.54) is 24.0 Å². The van der Waals surface area contributed by atoms with Crippen LogP contribution >= 0.6 is 0 Å². The lowest BCUT2D eigenvalue weighted by atomic mass is 10.0. The van der Waals surface area contributed by atoms with E-state index in [1.54, 1.807) is 0 Å². The number of nitrogens with one attached hydrogen (secondary N) is 1. The van der Waals surface area contributed by atoms with Gasteiger partial charge in [0.15, 0.2) is 0 Å². The Bertz CT molecular complexity index is 652. The Kier molecular flexibility index (Phi) is 4.54. The van der Waals surface area contributed by atoms with Crippen LogP contribution in [0.2, 0.25) is 0 Å². The summed E-state index contributed by atoms with van der Waals surface area (Å²) in [6, 6.07) is 16.1. The Morgan fingerprint density at radius 3 is 2.68 bits per heavy atom. The van der Waals surface area contributed by atoms with Crippen LogP contribution in [0.1, 0.15) is 34.7 Å². The molecule has 3 rings (SSSR count). The second kappa shape index (κ2) is 6.75. The molecule has 1 atom stereocenters. The molecule has 0 heterocycles. The van der Waals surface area contributed by atoms with Crippen LogP contribution in [0.25, 0.3) is 0 Å². The third-order valence-electron chi connectivity index (χ3n) is 4.27. The minimum Gasteiger partial charge on any atom is -0.354 e. The van der Waals surface area contributed by atoms with Crippen molar-refractivity contribution in [2.45, 2.75) is 31.7 Å². The molecule has 0 spiro atoms. The Morgan fingerprint density at radius 2 is 1.86 bits per heavy atom. The topological polar surface area (TPSA) is 55.1 Å². The summed E-state index contributed by atoms with van der Waals surface area (Å²) < 4.78 is 0. The Balaban J connectivity index is 1.52. The molecule has 1 aliphatic carbocycles. The van der Waals surface area contributed by atoms with Gasteiger partial charge in [-0.1, -0.05) is 48.5 Å². The maximum atomic E-state index is 12.1. The quantitative estimate of drug-likeness (QED) is 0.890. The van der Waals surface area contributed by atoms with Gasteiger partial charge in [0.05, 0.1) is 6.42 Å². The lowest BCUT2D eigenvalue weighted by molar-refractivity contribution is -0.120. The number of hydrogen-bond donors (Lipinski definition) is 2. The van der Waals surface area contributed by atoms with Crippen molar-refractivity contribution < 1.29 is 4.79 Å². The molecule has 0 aliphatic heterocycles. The molecule has 3 heteroatoms. The summed E-state index contributed by atoms with van der Waals surface area (Å²) in [4.78, 5) is 12.1. The maximum Gasteiger partial charge on any atom is 0.224 e. The molecule has 0 saturated heterocycles. The number of rotatable bonds is 5. The zero-order valence-electron chi connectivity index (χ0n) is 12.7. The number of nitrogens with two attached hydrogens (primary N) is 1. The molecule has 2 aromatic carbocycles. The van der Waals surface area contributed by atoms with Crippen LogP contribution in [0.3, 0.4) is 0 Å². The monoisotopic (exact) mass is 294 g/mol. The first-order chi connectivity index (χ1) is 10.7. The van der Waals surface area contributed by atoms with Crippen molar-refractivity contribution in [3.05, 3.63) is 70.8 Å². The van der Waals surface area contributed by atoms with Gasteiger partial charge in [0.25, 0.3) is 0 Å². The average molecular weight is 294 g/mol. The van der Waals surface area contributed by atoms with Gasteiger partial charge in [-0.25, -0.2) is 0 Å². The maximum absolute atomic E-state index is 12.1. The molecule has 1 unspecified atom stereocenters. The largest absolute Gasteiger partial charge is 0.354 e. The predicted molar refractivity (Wildman–Crippen MR) is 88.6 cm³/mol. The number of fused-ring (bicyclic) bond motifs is 1. The second-order valence-electron chi connectivity index (χ2n) is 5.95. The minimum absolute atomic E-state index is 0.0318. The summed E-state index contributed by atoms with van der Waals surface area (Å²) in [6.07, 6.45) is 3.98. The molecule has 1 amide bonds. The lowest BCUT2D eigenvalue weighted by Crippen LogP contribution is -2.32. The van der Waals surface area contributed by atoms with Crippen molar-refractivity contribution in [3.63, 3.8) is 0 Å². The molecule has 2 aromatic rings. The van der Waals surface area contributed by atoms with Crippen molar-refractivity contribution >= 4 is 5.91 Å². The highest BCUT2D eigenvalue weighted by atomic mass is 16.1. The molecule has 0 fully saturated rings. The van der Waals surface area contributed by atoms with E-state index in [0.29, 0.717) is 13.0 Å². The SMILES string of the molecule is NC(CNC(=O)Cc1ccc2c(c1)CCC2)c1ccccc1. The van der Waals surface area contributed by atoms with Gasteiger partial charge in [0, 0.05) is 12.6 Å². The van der Waals surface area contributed by atoms with E-state index in [0.717, 1.165) is 17.5 Å².